The number of nitrogen functional groups attached to an aromatic ring is 1. The Morgan fingerprint density at radius 3 is 2.93 bits per heavy atom. The Morgan fingerprint density at radius 2 is 2.36 bits per heavy atom. The fraction of sp³-hybridized carbons (Fsp3) is 0. The van der Waals surface area contributed by atoms with Crippen LogP contribution in [0.5, 0.6) is 0 Å². The van der Waals surface area contributed by atoms with E-state index in [2.05, 4.69) is 25.7 Å². The van der Waals surface area contributed by atoms with E-state index in [0.717, 1.165) is 0 Å². The molecule has 0 saturated carbocycles. The minimum Gasteiger partial charge on any atom is -0.382 e. The second kappa shape index (κ2) is 3.21. The van der Waals surface area contributed by atoms with Crippen molar-refractivity contribution in [3.8, 4) is 0 Å². The summed E-state index contributed by atoms with van der Waals surface area (Å²) in [6.07, 6.45) is 1.54. The standard InChI is InChI=1S/C7H8N6O/c8-5-3-4(11-12-5)7(14)10-6-1-2-9-13-6/h1-3H,(H3,8,11,12)(H2,9,10,13,14). The van der Waals surface area contributed by atoms with Crippen LogP contribution in [0, 0.1) is 0 Å². The number of aromatic amines is 2. The number of rotatable bonds is 2. The normalized spacial score (nSPS) is 10.0. The van der Waals surface area contributed by atoms with Gasteiger partial charge < -0.3 is 11.1 Å². The van der Waals surface area contributed by atoms with Gasteiger partial charge in [-0.2, -0.15) is 10.2 Å². The molecule has 0 spiro atoms. The van der Waals surface area contributed by atoms with Gasteiger partial charge in [0.1, 0.15) is 17.3 Å². The summed E-state index contributed by atoms with van der Waals surface area (Å²) in [5, 5.41) is 15.0. The summed E-state index contributed by atoms with van der Waals surface area (Å²) >= 11 is 0. The van der Waals surface area contributed by atoms with E-state index < -0.39 is 0 Å². The minimum atomic E-state index is -0.321. The summed E-state index contributed by atoms with van der Waals surface area (Å²) in [5.74, 6) is 0.474. The van der Waals surface area contributed by atoms with Crippen molar-refractivity contribution in [3.05, 3.63) is 24.0 Å². The maximum Gasteiger partial charge on any atom is 0.274 e. The lowest BCUT2D eigenvalue weighted by molar-refractivity contribution is 0.102. The summed E-state index contributed by atoms with van der Waals surface area (Å²) in [5.41, 5.74) is 5.65. The summed E-state index contributed by atoms with van der Waals surface area (Å²) < 4.78 is 0. The highest BCUT2D eigenvalue weighted by atomic mass is 16.2. The lowest BCUT2D eigenvalue weighted by Crippen LogP contribution is -2.12. The lowest BCUT2D eigenvalue weighted by Gasteiger charge is -1.97. The zero-order chi connectivity index (χ0) is 9.97. The first-order valence-electron chi connectivity index (χ1n) is 3.87. The molecule has 0 unspecified atom stereocenters. The molecule has 0 radical (unpaired) electrons. The highest BCUT2D eigenvalue weighted by molar-refractivity contribution is 6.02. The number of aromatic nitrogens is 4. The Bertz CT molecular complexity index is 431. The first-order chi connectivity index (χ1) is 6.75. The number of anilines is 2. The van der Waals surface area contributed by atoms with Crippen LogP contribution in [-0.4, -0.2) is 26.3 Å². The van der Waals surface area contributed by atoms with Gasteiger partial charge in [-0.05, 0) is 0 Å². The Morgan fingerprint density at radius 1 is 1.50 bits per heavy atom. The first-order valence-corrected chi connectivity index (χ1v) is 3.87. The summed E-state index contributed by atoms with van der Waals surface area (Å²) in [6, 6.07) is 3.09. The molecule has 2 aromatic heterocycles. The Hall–Kier alpha value is -2.31. The monoisotopic (exact) mass is 192 g/mol. The van der Waals surface area contributed by atoms with E-state index in [0.29, 0.717) is 11.5 Å². The molecule has 0 saturated heterocycles. The van der Waals surface area contributed by atoms with E-state index >= 15 is 0 Å². The van der Waals surface area contributed by atoms with Crippen LogP contribution in [0.15, 0.2) is 18.3 Å². The van der Waals surface area contributed by atoms with Crippen molar-refractivity contribution < 1.29 is 4.79 Å². The van der Waals surface area contributed by atoms with E-state index in [1.54, 1.807) is 6.07 Å². The van der Waals surface area contributed by atoms with Crippen molar-refractivity contribution in [2.24, 2.45) is 0 Å². The molecule has 0 atom stereocenters. The van der Waals surface area contributed by atoms with Crippen molar-refractivity contribution in [3.63, 3.8) is 0 Å². The topological polar surface area (TPSA) is 112 Å². The number of nitrogens with two attached hydrogens (primary N) is 1. The zero-order valence-electron chi connectivity index (χ0n) is 7.11. The van der Waals surface area contributed by atoms with Gasteiger partial charge in [-0.15, -0.1) is 0 Å². The van der Waals surface area contributed by atoms with Crippen LogP contribution in [-0.2, 0) is 0 Å². The SMILES string of the molecule is Nc1cc(C(=O)Nc2ccn[nH]2)[nH]n1. The van der Waals surface area contributed by atoms with Crippen molar-refractivity contribution in [1.82, 2.24) is 20.4 Å². The molecule has 72 valence electrons. The summed E-state index contributed by atoms with van der Waals surface area (Å²) in [4.78, 5) is 11.4. The lowest BCUT2D eigenvalue weighted by atomic mass is 10.4. The number of amides is 1. The molecule has 0 aromatic carbocycles. The van der Waals surface area contributed by atoms with Gasteiger partial charge in [0.25, 0.3) is 5.91 Å². The Kier molecular flexibility index (Phi) is 1.90. The van der Waals surface area contributed by atoms with E-state index in [1.807, 2.05) is 0 Å². The molecule has 0 aliphatic heterocycles. The van der Waals surface area contributed by atoms with E-state index in [1.165, 1.54) is 12.3 Å². The largest absolute Gasteiger partial charge is 0.382 e. The highest BCUT2D eigenvalue weighted by Crippen LogP contribution is 2.04. The van der Waals surface area contributed by atoms with E-state index in [4.69, 9.17) is 5.73 Å². The van der Waals surface area contributed by atoms with Gasteiger partial charge in [0, 0.05) is 12.1 Å². The molecular weight excluding hydrogens is 184 g/mol. The predicted octanol–water partition coefficient (Wildman–Crippen LogP) is -0.0327. The second-order valence-electron chi connectivity index (χ2n) is 2.63. The number of H-pyrrole nitrogens is 2. The van der Waals surface area contributed by atoms with Crippen molar-refractivity contribution in [2.75, 3.05) is 11.1 Å². The number of hydrogen-bond acceptors (Lipinski definition) is 4. The number of carbonyl (C=O) groups excluding carboxylic acids is 1. The van der Waals surface area contributed by atoms with E-state index in [9.17, 15) is 4.79 Å². The minimum absolute atomic E-state index is 0.278. The van der Waals surface area contributed by atoms with Gasteiger partial charge >= 0.3 is 0 Å². The maximum absolute atomic E-state index is 11.4. The third-order valence-electron chi connectivity index (χ3n) is 1.59. The van der Waals surface area contributed by atoms with Gasteiger partial charge in [0.2, 0.25) is 0 Å². The van der Waals surface area contributed by atoms with Crippen LogP contribution in [0.3, 0.4) is 0 Å². The van der Waals surface area contributed by atoms with Crippen LogP contribution < -0.4 is 11.1 Å². The van der Waals surface area contributed by atoms with Crippen LogP contribution >= 0.6 is 0 Å². The molecule has 5 N–H and O–H groups in total. The van der Waals surface area contributed by atoms with Crippen molar-refractivity contribution in [2.45, 2.75) is 0 Å². The smallest absolute Gasteiger partial charge is 0.274 e. The molecule has 0 aliphatic carbocycles. The summed E-state index contributed by atoms with van der Waals surface area (Å²) in [7, 11) is 0. The molecule has 2 aromatic rings. The van der Waals surface area contributed by atoms with Crippen molar-refractivity contribution in [1.29, 1.82) is 0 Å². The predicted molar refractivity (Wildman–Crippen MR) is 49.5 cm³/mol. The van der Waals surface area contributed by atoms with Crippen LogP contribution in [0.25, 0.3) is 0 Å². The average molecular weight is 192 g/mol. The van der Waals surface area contributed by atoms with Crippen molar-refractivity contribution >= 4 is 17.5 Å². The van der Waals surface area contributed by atoms with E-state index in [-0.39, 0.29) is 11.7 Å². The number of hydrogen-bond donors (Lipinski definition) is 4. The average Bonchev–Trinajstić information content (AvgIpc) is 2.75. The second-order valence-corrected chi connectivity index (χ2v) is 2.63. The highest BCUT2D eigenvalue weighted by Gasteiger charge is 2.08. The molecule has 0 aliphatic rings. The Balaban J connectivity index is 2.10. The molecule has 0 fully saturated rings. The molecule has 7 nitrogen and oxygen atoms in total. The number of nitrogens with one attached hydrogen (secondary N) is 3. The first kappa shape index (κ1) is 8.30. The number of nitrogens with zero attached hydrogens (tertiary/aromatic N) is 2. The maximum atomic E-state index is 11.4. The molecule has 0 bridgehead atoms. The fourth-order valence-corrected chi connectivity index (χ4v) is 0.969. The quantitative estimate of drug-likeness (QED) is 0.535. The molecule has 7 heteroatoms. The Labute approximate surface area is 78.7 Å². The molecular formula is C7H8N6O. The third kappa shape index (κ3) is 1.56. The zero-order valence-corrected chi connectivity index (χ0v) is 7.11. The van der Waals surface area contributed by atoms with Gasteiger partial charge in [-0.1, -0.05) is 0 Å². The van der Waals surface area contributed by atoms with Crippen LogP contribution in [0.4, 0.5) is 11.6 Å². The molecule has 1 amide bonds. The van der Waals surface area contributed by atoms with Crippen LogP contribution in [0.2, 0.25) is 0 Å². The summed E-state index contributed by atoms with van der Waals surface area (Å²) in [6.45, 7) is 0. The molecule has 2 heterocycles. The van der Waals surface area contributed by atoms with Gasteiger partial charge in [-0.3, -0.25) is 15.0 Å². The van der Waals surface area contributed by atoms with Crippen LogP contribution in [0.1, 0.15) is 10.5 Å². The fourth-order valence-electron chi connectivity index (χ4n) is 0.969. The van der Waals surface area contributed by atoms with Gasteiger partial charge in [-0.25, -0.2) is 0 Å². The van der Waals surface area contributed by atoms with Gasteiger partial charge in [0.05, 0.1) is 6.20 Å². The van der Waals surface area contributed by atoms with Gasteiger partial charge in [0.15, 0.2) is 0 Å². The third-order valence-corrected chi connectivity index (χ3v) is 1.59. The molecule has 2 rings (SSSR count). The number of carbonyl (C=O) groups is 1. The molecule has 14 heavy (non-hydrogen) atoms.